The molecule has 1 aliphatic rings. The smallest absolute Gasteiger partial charge is 0.235 e. The second kappa shape index (κ2) is 6.11. The summed E-state index contributed by atoms with van der Waals surface area (Å²) in [5.74, 6) is -0.273. The second-order valence-electron chi connectivity index (χ2n) is 4.96. The van der Waals surface area contributed by atoms with E-state index in [0.717, 1.165) is 23.4 Å². The molecule has 2 rings (SSSR count). The lowest BCUT2D eigenvalue weighted by Crippen LogP contribution is -2.40. The Morgan fingerprint density at radius 2 is 2.05 bits per heavy atom. The Kier molecular flexibility index (Phi) is 4.67. The van der Waals surface area contributed by atoms with Crippen molar-refractivity contribution in [3.63, 3.8) is 0 Å². The summed E-state index contributed by atoms with van der Waals surface area (Å²) < 4.78 is 24.7. The predicted octanol–water partition coefficient (Wildman–Crippen LogP) is 1.38. The molecule has 1 N–H and O–H groups in total. The number of benzene rings is 1. The van der Waals surface area contributed by atoms with Gasteiger partial charge in [0, 0.05) is 17.6 Å². The molecule has 1 aromatic carbocycles. The standard InChI is InChI=1S/C13H17ClN2O3S/c1-20(18,19)16(9-13(17)15-11-6-7-11)8-10-4-2-3-5-12(10)14/h2-5,11H,6-9H2,1H3,(H,15,17). The van der Waals surface area contributed by atoms with Crippen LogP contribution in [0.4, 0.5) is 0 Å². The number of hydrogen-bond donors (Lipinski definition) is 1. The van der Waals surface area contributed by atoms with Crippen LogP contribution >= 0.6 is 11.6 Å². The van der Waals surface area contributed by atoms with Crippen molar-refractivity contribution in [2.45, 2.75) is 25.4 Å². The minimum atomic E-state index is -3.48. The monoisotopic (exact) mass is 316 g/mol. The van der Waals surface area contributed by atoms with E-state index in [1.807, 2.05) is 0 Å². The molecular weight excluding hydrogens is 300 g/mol. The summed E-state index contributed by atoms with van der Waals surface area (Å²) in [5.41, 5.74) is 0.679. The molecule has 0 aliphatic heterocycles. The van der Waals surface area contributed by atoms with Gasteiger partial charge in [0.05, 0.1) is 12.8 Å². The van der Waals surface area contributed by atoms with Gasteiger partial charge in [-0.1, -0.05) is 29.8 Å². The molecule has 5 nitrogen and oxygen atoms in total. The van der Waals surface area contributed by atoms with Gasteiger partial charge in [0.2, 0.25) is 15.9 Å². The molecule has 0 spiro atoms. The van der Waals surface area contributed by atoms with Crippen LogP contribution in [-0.4, -0.2) is 37.5 Å². The first kappa shape index (κ1) is 15.3. The van der Waals surface area contributed by atoms with Crippen LogP contribution in [0.2, 0.25) is 5.02 Å². The van der Waals surface area contributed by atoms with Gasteiger partial charge in [-0.2, -0.15) is 4.31 Å². The maximum Gasteiger partial charge on any atom is 0.235 e. The van der Waals surface area contributed by atoms with Crippen molar-refractivity contribution >= 4 is 27.5 Å². The van der Waals surface area contributed by atoms with Gasteiger partial charge in [-0.3, -0.25) is 4.79 Å². The maximum atomic E-state index is 11.8. The number of sulfonamides is 1. The molecule has 1 amide bonds. The van der Waals surface area contributed by atoms with Crippen LogP contribution in [0, 0.1) is 0 Å². The Bertz CT molecular complexity index is 599. The molecule has 110 valence electrons. The van der Waals surface area contributed by atoms with E-state index in [9.17, 15) is 13.2 Å². The summed E-state index contributed by atoms with van der Waals surface area (Å²) in [6.07, 6.45) is 3.03. The maximum absolute atomic E-state index is 11.8. The van der Waals surface area contributed by atoms with E-state index >= 15 is 0 Å². The van der Waals surface area contributed by atoms with Crippen molar-refractivity contribution in [1.29, 1.82) is 0 Å². The number of amides is 1. The molecular formula is C13H17ClN2O3S. The van der Waals surface area contributed by atoms with Crippen LogP contribution in [-0.2, 0) is 21.4 Å². The summed E-state index contributed by atoms with van der Waals surface area (Å²) in [6.45, 7) is -0.0862. The third-order valence-electron chi connectivity index (χ3n) is 3.04. The SMILES string of the molecule is CS(=O)(=O)N(CC(=O)NC1CC1)Cc1ccccc1Cl. The summed E-state index contributed by atoms with van der Waals surface area (Å²) >= 11 is 6.03. The summed E-state index contributed by atoms with van der Waals surface area (Å²) in [6, 6.07) is 7.22. The molecule has 0 aromatic heterocycles. The largest absolute Gasteiger partial charge is 0.352 e. The van der Waals surface area contributed by atoms with Crippen LogP contribution in [0.15, 0.2) is 24.3 Å². The van der Waals surface area contributed by atoms with Crippen LogP contribution < -0.4 is 5.32 Å². The fourth-order valence-corrected chi connectivity index (χ4v) is 2.69. The zero-order valence-corrected chi connectivity index (χ0v) is 12.7. The zero-order chi connectivity index (χ0) is 14.8. The molecule has 0 unspecified atom stereocenters. The third kappa shape index (κ3) is 4.47. The highest BCUT2D eigenvalue weighted by Gasteiger charge is 2.26. The molecule has 1 fully saturated rings. The van der Waals surface area contributed by atoms with Crippen molar-refractivity contribution in [1.82, 2.24) is 9.62 Å². The molecule has 7 heteroatoms. The topological polar surface area (TPSA) is 66.5 Å². The normalized spacial score (nSPS) is 15.3. The summed E-state index contributed by atoms with van der Waals surface area (Å²) in [5, 5.41) is 3.27. The lowest BCUT2D eigenvalue weighted by molar-refractivity contribution is -0.121. The quantitative estimate of drug-likeness (QED) is 0.862. The zero-order valence-electron chi connectivity index (χ0n) is 11.2. The number of carbonyl (C=O) groups is 1. The van der Waals surface area contributed by atoms with Crippen LogP contribution in [0.5, 0.6) is 0 Å². The minimum absolute atomic E-state index is 0.0938. The van der Waals surface area contributed by atoms with E-state index < -0.39 is 10.0 Å². The highest BCUT2D eigenvalue weighted by atomic mass is 35.5. The molecule has 0 saturated heterocycles. The van der Waals surface area contributed by atoms with E-state index in [4.69, 9.17) is 11.6 Å². The Balaban J connectivity index is 2.07. The van der Waals surface area contributed by atoms with E-state index in [-0.39, 0.29) is 25.0 Å². The Morgan fingerprint density at radius 1 is 1.40 bits per heavy atom. The van der Waals surface area contributed by atoms with E-state index in [2.05, 4.69) is 5.32 Å². The molecule has 0 atom stereocenters. The number of nitrogens with one attached hydrogen (secondary N) is 1. The first-order chi connectivity index (χ1) is 9.36. The number of halogens is 1. The van der Waals surface area contributed by atoms with Gasteiger partial charge in [0.1, 0.15) is 0 Å². The number of carbonyl (C=O) groups excluding carboxylic acids is 1. The van der Waals surface area contributed by atoms with E-state index in [1.54, 1.807) is 24.3 Å². The Hall–Kier alpha value is -1.11. The predicted molar refractivity (Wildman–Crippen MR) is 77.9 cm³/mol. The van der Waals surface area contributed by atoms with Crippen LogP contribution in [0.3, 0.4) is 0 Å². The lowest BCUT2D eigenvalue weighted by Gasteiger charge is -2.20. The van der Waals surface area contributed by atoms with Gasteiger partial charge in [0.25, 0.3) is 0 Å². The fourth-order valence-electron chi connectivity index (χ4n) is 1.77. The molecule has 0 heterocycles. The van der Waals surface area contributed by atoms with Crippen LogP contribution in [0.1, 0.15) is 18.4 Å². The Morgan fingerprint density at radius 3 is 2.60 bits per heavy atom. The first-order valence-electron chi connectivity index (χ1n) is 6.34. The van der Waals surface area contributed by atoms with Crippen molar-refractivity contribution in [2.75, 3.05) is 12.8 Å². The molecule has 0 bridgehead atoms. The van der Waals surface area contributed by atoms with Crippen molar-refractivity contribution in [3.8, 4) is 0 Å². The molecule has 20 heavy (non-hydrogen) atoms. The molecule has 1 aliphatic carbocycles. The average molecular weight is 317 g/mol. The van der Waals surface area contributed by atoms with Gasteiger partial charge in [-0.05, 0) is 24.5 Å². The Labute approximate surface area is 124 Å². The fraction of sp³-hybridized carbons (Fsp3) is 0.462. The van der Waals surface area contributed by atoms with Gasteiger partial charge >= 0.3 is 0 Å². The van der Waals surface area contributed by atoms with Gasteiger partial charge < -0.3 is 5.32 Å². The van der Waals surface area contributed by atoms with Crippen LogP contribution in [0.25, 0.3) is 0 Å². The summed E-state index contributed by atoms with van der Waals surface area (Å²) in [7, 11) is -3.48. The number of nitrogens with zero attached hydrogens (tertiary/aromatic N) is 1. The highest BCUT2D eigenvalue weighted by molar-refractivity contribution is 7.88. The first-order valence-corrected chi connectivity index (χ1v) is 8.57. The van der Waals surface area contributed by atoms with Gasteiger partial charge in [-0.25, -0.2) is 8.42 Å². The minimum Gasteiger partial charge on any atom is -0.352 e. The number of rotatable bonds is 6. The average Bonchev–Trinajstić information content (AvgIpc) is 3.13. The number of hydrogen-bond acceptors (Lipinski definition) is 3. The highest BCUT2D eigenvalue weighted by Crippen LogP contribution is 2.20. The van der Waals surface area contributed by atoms with E-state index in [1.165, 1.54) is 0 Å². The third-order valence-corrected chi connectivity index (χ3v) is 4.60. The van der Waals surface area contributed by atoms with E-state index in [0.29, 0.717) is 10.6 Å². The van der Waals surface area contributed by atoms with Gasteiger partial charge in [-0.15, -0.1) is 0 Å². The molecule has 1 aromatic rings. The van der Waals surface area contributed by atoms with Crippen molar-refractivity contribution < 1.29 is 13.2 Å². The van der Waals surface area contributed by atoms with Gasteiger partial charge in [0.15, 0.2) is 0 Å². The second-order valence-corrected chi connectivity index (χ2v) is 7.35. The molecule has 1 saturated carbocycles. The van der Waals surface area contributed by atoms with Crippen molar-refractivity contribution in [3.05, 3.63) is 34.9 Å². The summed E-state index contributed by atoms with van der Waals surface area (Å²) in [4.78, 5) is 11.8. The lowest BCUT2D eigenvalue weighted by atomic mass is 10.2. The van der Waals surface area contributed by atoms with Crippen molar-refractivity contribution in [2.24, 2.45) is 0 Å². The molecule has 0 radical (unpaired) electrons.